The first kappa shape index (κ1) is 17.1. The number of halogens is 2. The van der Waals surface area contributed by atoms with Crippen molar-refractivity contribution >= 4 is 36.4 Å². The zero-order valence-corrected chi connectivity index (χ0v) is 13.8. The van der Waals surface area contributed by atoms with E-state index in [-0.39, 0.29) is 30.7 Å². The van der Waals surface area contributed by atoms with Gasteiger partial charge in [0.1, 0.15) is 11.3 Å². The van der Waals surface area contributed by atoms with Gasteiger partial charge in [-0.3, -0.25) is 9.20 Å². The maximum atomic E-state index is 12.6. The van der Waals surface area contributed by atoms with Gasteiger partial charge in [-0.1, -0.05) is 6.07 Å². The van der Waals surface area contributed by atoms with Crippen LogP contribution in [0.5, 0.6) is 0 Å². The number of aromatic nitrogens is 2. The Bertz CT molecular complexity index is 667. The third kappa shape index (κ3) is 2.81. The van der Waals surface area contributed by atoms with Gasteiger partial charge in [-0.25, -0.2) is 4.98 Å². The minimum Gasteiger partial charge on any atom is -0.331 e. The molecule has 7 heteroatoms. The fourth-order valence-electron chi connectivity index (χ4n) is 3.33. The smallest absolute Gasteiger partial charge is 0.272 e. The average Bonchev–Trinajstić information content (AvgIpc) is 2.91. The number of piperidine rings is 1. The van der Waals surface area contributed by atoms with Crippen LogP contribution >= 0.6 is 24.8 Å². The summed E-state index contributed by atoms with van der Waals surface area (Å²) in [7, 11) is 0. The maximum absolute atomic E-state index is 12.6. The van der Waals surface area contributed by atoms with E-state index in [9.17, 15) is 4.79 Å². The van der Waals surface area contributed by atoms with E-state index in [1.807, 2.05) is 21.4 Å². The van der Waals surface area contributed by atoms with Crippen LogP contribution in [-0.2, 0) is 6.54 Å². The van der Waals surface area contributed by atoms with E-state index >= 15 is 0 Å². The first-order valence-electron chi connectivity index (χ1n) is 7.28. The lowest BCUT2D eigenvalue weighted by Gasteiger charge is -2.32. The van der Waals surface area contributed by atoms with E-state index in [1.165, 1.54) is 0 Å². The number of hydrogen-bond donors (Lipinski definition) is 1. The molecule has 4 rings (SSSR count). The molecule has 0 atom stereocenters. The summed E-state index contributed by atoms with van der Waals surface area (Å²) in [6, 6.07) is 6.04. The van der Waals surface area contributed by atoms with Crippen molar-refractivity contribution in [1.29, 1.82) is 0 Å². The van der Waals surface area contributed by atoms with Gasteiger partial charge in [0.15, 0.2) is 0 Å². The molecule has 0 unspecified atom stereocenters. The Morgan fingerprint density at radius 2 is 2.00 bits per heavy atom. The van der Waals surface area contributed by atoms with Crippen LogP contribution in [0.25, 0.3) is 5.65 Å². The van der Waals surface area contributed by atoms with Crippen LogP contribution in [0.2, 0.25) is 0 Å². The van der Waals surface area contributed by atoms with Crippen molar-refractivity contribution in [1.82, 2.24) is 19.6 Å². The molecule has 2 aromatic heterocycles. The van der Waals surface area contributed by atoms with Crippen LogP contribution in [0, 0.1) is 5.92 Å². The molecule has 5 nitrogen and oxygen atoms in total. The molecule has 0 saturated carbocycles. The normalized spacial score (nSPS) is 18.0. The lowest BCUT2D eigenvalue weighted by atomic mass is 9.97. The molecule has 0 bridgehead atoms. The van der Waals surface area contributed by atoms with Gasteiger partial charge < -0.3 is 10.2 Å². The molecular weight excluding hydrogens is 323 g/mol. The van der Waals surface area contributed by atoms with Crippen molar-refractivity contribution in [3.05, 3.63) is 35.8 Å². The average molecular weight is 343 g/mol. The Balaban J connectivity index is 0.000000882. The van der Waals surface area contributed by atoms with E-state index < -0.39 is 0 Å². The number of nitrogens with zero attached hydrogens (tertiary/aromatic N) is 3. The molecule has 22 heavy (non-hydrogen) atoms. The number of carbonyl (C=O) groups is 1. The van der Waals surface area contributed by atoms with Crippen molar-refractivity contribution in [2.75, 3.05) is 19.6 Å². The summed E-state index contributed by atoms with van der Waals surface area (Å²) in [6.45, 7) is 3.70. The van der Waals surface area contributed by atoms with Crippen LogP contribution in [0.15, 0.2) is 24.4 Å². The minimum absolute atomic E-state index is 0. The van der Waals surface area contributed by atoms with Crippen molar-refractivity contribution < 1.29 is 4.79 Å². The number of pyridine rings is 1. The van der Waals surface area contributed by atoms with Crippen LogP contribution < -0.4 is 5.32 Å². The minimum atomic E-state index is 0. The number of hydrogen-bond acceptors (Lipinski definition) is 3. The Labute approximate surface area is 141 Å². The summed E-state index contributed by atoms with van der Waals surface area (Å²) < 4.78 is 1.99. The van der Waals surface area contributed by atoms with Crippen LogP contribution in [-0.4, -0.2) is 39.8 Å². The lowest BCUT2D eigenvalue weighted by molar-refractivity contribution is 0.0671. The molecule has 0 radical (unpaired) electrons. The van der Waals surface area contributed by atoms with Gasteiger partial charge in [0, 0.05) is 12.2 Å². The molecule has 0 aromatic carbocycles. The van der Waals surface area contributed by atoms with Gasteiger partial charge in [0.05, 0.1) is 12.7 Å². The Hall–Kier alpha value is -1.30. The third-order valence-electron chi connectivity index (χ3n) is 4.41. The molecule has 2 aromatic rings. The lowest BCUT2D eigenvalue weighted by Crippen LogP contribution is -2.41. The summed E-state index contributed by atoms with van der Waals surface area (Å²) in [5.41, 5.74) is 2.73. The van der Waals surface area contributed by atoms with Gasteiger partial charge in [-0.05, 0) is 44.0 Å². The molecule has 2 aliphatic heterocycles. The Kier molecular flexibility index (Phi) is 5.32. The largest absolute Gasteiger partial charge is 0.331 e. The SMILES string of the molecule is Cl.Cl.O=C1c2cnc3cccc(n23)CN1CC1CCNCC1. The van der Waals surface area contributed by atoms with Crippen LogP contribution in [0.4, 0.5) is 0 Å². The van der Waals surface area contributed by atoms with Gasteiger partial charge in [-0.2, -0.15) is 0 Å². The standard InChI is InChI=1S/C15H18N4O.2ClH/c20-15-13-8-17-14-3-1-2-12(19(13)14)10-18(15)9-11-4-6-16-7-5-11;;/h1-3,8,11,16H,4-7,9-10H2;2*1H. The van der Waals surface area contributed by atoms with E-state index in [1.54, 1.807) is 6.20 Å². The highest BCUT2D eigenvalue weighted by molar-refractivity contribution is 5.94. The topological polar surface area (TPSA) is 49.6 Å². The third-order valence-corrected chi connectivity index (χ3v) is 4.41. The fourth-order valence-corrected chi connectivity index (χ4v) is 3.33. The molecular formula is C15H20Cl2N4O. The molecule has 0 aliphatic carbocycles. The number of amides is 1. The zero-order valence-electron chi connectivity index (χ0n) is 12.2. The summed E-state index contributed by atoms with van der Waals surface area (Å²) >= 11 is 0. The second-order valence-electron chi connectivity index (χ2n) is 5.73. The number of carbonyl (C=O) groups excluding carboxylic acids is 1. The van der Waals surface area contributed by atoms with Crippen molar-refractivity contribution in [2.24, 2.45) is 5.92 Å². The van der Waals surface area contributed by atoms with E-state index in [0.717, 1.165) is 43.8 Å². The fraction of sp³-hybridized carbons (Fsp3) is 0.467. The predicted octanol–water partition coefficient (Wildman–Crippen LogP) is 2.13. The second-order valence-corrected chi connectivity index (χ2v) is 5.73. The van der Waals surface area contributed by atoms with E-state index in [4.69, 9.17) is 0 Å². The number of imidazole rings is 1. The van der Waals surface area contributed by atoms with Crippen LogP contribution in [0.3, 0.4) is 0 Å². The Morgan fingerprint density at radius 3 is 2.77 bits per heavy atom. The molecule has 1 saturated heterocycles. The van der Waals surface area contributed by atoms with Crippen LogP contribution in [0.1, 0.15) is 29.0 Å². The van der Waals surface area contributed by atoms with Gasteiger partial charge in [0.25, 0.3) is 5.91 Å². The molecule has 120 valence electrons. The highest BCUT2D eigenvalue weighted by Gasteiger charge is 2.28. The zero-order chi connectivity index (χ0) is 13.5. The summed E-state index contributed by atoms with van der Waals surface area (Å²) in [4.78, 5) is 18.9. The molecule has 0 spiro atoms. The van der Waals surface area contributed by atoms with E-state index in [0.29, 0.717) is 18.2 Å². The van der Waals surface area contributed by atoms with Gasteiger partial charge in [0.2, 0.25) is 0 Å². The monoisotopic (exact) mass is 342 g/mol. The summed E-state index contributed by atoms with van der Waals surface area (Å²) in [6.07, 6.45) is 4.02. The first-order valence-corrected chi connectivity index (χ1v) is 7.28. The van der Waals surface area contributed by atoms with Crippen molar-refractivity contribution in [2.45, 2.75) is 19.4 Å². The summed E-state index contributed by atoms with van der Waals surface area (Å²) in [5, 5.41) is 3.37. The predicted molar refractivity (Wildman–Crippen MR) is 90.0 cm³/mol. The molecule has 4 heterocycles. The highest BCUT2D eigenvalue weighted by atomic mass is 35.5. The molecule has 1 N–H and O–H groups in total. The van der Waals surface area contributed by atoms with Gasteiger partial charge >= 0.3 is 0 Å². The summed E-state index contributed by atoms with van der Waals surface area (Å²) in [5.74, 6) is 0.739. The quantitative estimate of drug-likeness (QED) is 0.909. The molecule has 1 fully saturated rings. The van der Waals surface area contributed by atoms with Gasteiger partial charge in [-0.15, -0.1) is 24.8 Å². The van der Waals surface area contributed by atoms with Crippen molar-refractivity contribution in [3.8, 4) is 0 Å². The molecule has 2 aliphatic rings. The highest BCUT2D eigenvalue weighted by Crippen LogP contribution is 2.23. The van der Waals surface area contributed by atoms with E-state index in [2.05, 4.69) is 16.4 Å². The second kappa shape index (κ2) is 6.86. The Morgan fingerprint density at radius 1 is 1.23 bits per heavy atom. The van der Waals surface area contributed by atoms with Crippen molar-refractivity contribution in [3.63, 3.8) is 0 Å². The first-order chi connectivity index (χ1) is 9.83. The maximum Gasteiger partial charge on any atom is 0.272 e. The number of rotatable bonds is 2. The number of nitrogens with one attached hydrogen (secondary N) is 1. The molecule has 1 amide bonds.